The molecule has 0 fully saturated rings. The van der Waals surface area contributed by atoms with Gasteiger partial charge in [0.25, 0.3) is 0 Å². The fourth-order valence-electron chi connectivity index (χ4n) is 0.671. The molecular weight excluding hydrogens is 192 g/mol. The van der Waals surface area contributed by atoms with E-state index in [0.717, 1.165) is 11.4 Å². The van der Waals surface area contributed by atoms with Gasteiger partial charge in [0.05, 0.1) is 0 Å². The first-order valence-corrected chi connectivity index (χ1v) is 5.12. The third-order valence-electron chi connectivity index (χ3n) is 1.51. The quantitative estimate of drug-likeness (QED) is 0.557. The number of aromatic nitrogens is 2. The molecule has 0 amide bonds. The Morgan fingerprint density at radius 3 is 2.92 bits per heavy atom. The largest absolute Gasteiger partial charge is 0.230 e. The molecule has 0 radical (unpaired) electrons. The minimum absolute atomic E-state index is 0.510. The lowest BCUT2D eigenvalue weighted by atomic mass is 10.4. The molecule has 1 aromatic rings. The van der Waals surface area contributed by atoms with Crippen molar-refractivity contribution in [2.45, 2.75) is 30.5 Å². The van der Waals surface area contributed by atoms with Crippen molar-refractivity contribution in [2.24, 2.45) is 0 Å². The summed E-state index contributed by atoms with van der Waals surface area (Å²) in [4.78, 5) is 7.91. The third-order valence-corrected chi connectivity index (χ3v) is 2.91. The number of rotatable bonds is 3. The molecule has 0 saturated heterocycles. The highest BCUT2D eigenvalue weighted by Crippen LogP contribution is 2.23. The van der Waals surface area contributed by atoms with Crippen LogP contribution >= 0.6 is 23.4 Å². The van der Waals surface area contributed by atoms with E-state index in [1.54, 1.807) is 17.8 Å². The number of hydrogen-bond acceptors (Lipinski definition) is 3. The van der Waals surface area contributed by atoms with Crippen molar-refractivity contribution in [1.82, 2.24) is 9.97 Å². The third kappa shape index (κ3) is 2.99. The van der Waals surface area contributed by atoms with Crippen LogP contribution in [0.1, 0.15) is 20.3 Å². The van der Waals surface area contributed by atoms with Gasteiger partial charge in [-0.05, 0) is 6.42 Å². The first-order chi connectivity index (χ1) is 5.72. The molecule has 1 atom stereocenters. The Morgan fingerprint density at radius 1 is 1.58 bits per heavy atom. The van der Waals surface area contributed by atoms with Gasteiger partial charge in [-0.2, -0.15) is 0 Å². The van der Waals surface area contributed by atoms with E-state index in [4.69, 9.17) is 11.6 Å². The Bertz CT molecular complexity index is 255. The Kier molecular flexibility index (Phi) is 3.82. The zero-order chi connectivity index (χ0) is 8.97. The van der Waals surface area contributed by atoms with Gasteiger partial charge in [-0.25, -0.2) is 9.97 Å². The number of nitrogens with zero attached hydrogens (tertiary/aromatic N) is 2. The lowest BCUT2D eigenvalue weighted by molar-refractivity contribution is 0.899. The monoisotopic (exact) mass is 202 g/mol. The summed E-state index contributed by atoms with van der Waals surface area (Å²) in [5, 5.41) is 2.04. The Labute approximate surface area is 81.8 Å². The predicted octanol–water partition coefficient (Wildman–Crippen LogP) is 3.02. The highest BCUT2D eigenvalue weighted by Gasteiger charge is 2.02. The molecule has 0 aliphatic rings. The maximum absolute atomic E-state index is 5.71. The van der Waals surface area contributed by atoms with Crippen molar-refractivity contribution in [3.05, 3.63) is 17.5 Å². The standard InChI is InChI=1S/C8H11ClN2S/c1-3-6(2)12-8-4-7(9)10-5-11-8/h4-6H,3H2,1-2H3. The minimum Gasteiger partial charge on any atom is -0.230 e. The fourth-order valence-corrected chi connectivity index (χ4v) is 1.75. The first-order valence-electron chi connectivity index (χ1n) is 3.86. The van der Waals surface area contributed by atoms with Crippen LogP contribution in [0.4, 0.5) is 0 Å². The molecular formula is C8H11ClN2S. The Morgan fingerprint density at radius 2 is 2.33 bits per heavy atom. The van der Waals surface area contributed by atoms with Crippen LogP contribution in [-0.2, 0) is 0 Å². The van der Waals surface area contributed by atoms with Crippen molar-refractivity contribution in [3.8, 4) is 0 Å². The molecule has 1 aromatic heterocycles. The lowest BCUT2D eigenvalue weighted by Gasteiger charge is -2.05. The molecule has 0 aliphatic carbocycles. The summed E-state index contributed by atoms with van der Waals surface area (Å²) < 4.78 is 0. The summed E-state index contributed by atoms with van der Waals surface area (Å²) in [5.41, 5.74) is 0. The topological polar surface area (TPSA) is 25.8 Å². The summed E-state index contributed by atoms with van der Waals surface area (Å²) in [7, 11) is 0. The van der Waals surface area contributed by atoms with E-state index in [0.29, 0.717) is 10.4 Å². The Hall–Kier alpha value is -0.280. The number of thioether (sulfide) groups is 1. The van der Waals surface area contributed by atoms with E-state index in [1.165, 1.54) is 6.33 Å². The van der Waals surface area contributed by atoms with Crippen molar-refractivity contribution in [1.29, 1.82) is 0 Å². The molecule has 0 aromatic carbocycles. The highest BCUT2D eigenvalue weighted by molar-refractivity contribution is 7.99. The molecule has 0 spiro atoms. The zero-order valence-corrected chi connectivity index (χ0v) is 8.69. The molecule has 12 heavy (non-hydrogen) atoms. The van der Waals surface area contributed by atoms with Crippen LogP contribution < -0.4 is 0 Å². The average molecular weight is 203 g/mol. The van der Waals surface area contributed by atoms with Gasteiger partial charge in [0, 0.05) is 11.3 Å². The predicted molar refractivity (Wildman–Crippen MR) is 52.7 cm³/mol. The Balaban J connectivity index is 2.63. The van der Waals surface area contributed by atoms with Crippen LogP contribution in [0, 0.1) is 0 Å². The van der Waals surface area contributed by atoms with E-state index in [2.05, 4.69) is 23.8 Å². The van der Waals surface area contributed by atoms with Crippen LogP contribution in [0.3, 0.4) is 0 Å². The number of hydrogen-bond donors (Lipinski definition) is 0. The van der Waals surface area contributed by atoms with Crippen molar-refractivity contribution in [3.63, 3.8) is 0 Å². The van der Waals surface area contributed by atoms with E-state index in [1.807, 2.05) is 0 Å². The van der Waals surface area contributed by atoms with Crippen LogP contribution in [0.15, 0.2) is 17.4 Å². The van der Waals surface area contributed by atoms with Gasteiger partial charge in [0.15, 0.2) is 0 Å². The van der Waals surface area contributed by atoms with Crippen molar-refractivity contribution < 1.29 is 0 Å². The summed E-state index contributed by atoms with van der Waals surface area (Å²) in [5.74, 6) is 0. The second kappa shape index (κ2) is 4.67. The van der Waals surface area contributed by atoms with Crippen molar-refractivity contribution in [2.75, 3.05) is 0 Å². The maximum atomic E-state index is 5.71. The summed E-state index contributed by atoms with van der Waals surface area (Å²) in [6.07, 6.45) is 2.62. The summed E-state index contributed by atoms with van der Waals surface area (Å²) >= 11 is 7.43. The van der Waals surface area contributed by atoms with Gasteiger partial charge >= 0.3 is 0 Å². The SMILES string of the molecule is CCC(C)Sc1cc(Cl)ncn1. The molecule has 66 valence electrons. The normalized spacial score (nSPS) is 12.9. The summed E-state index contributed by atoms with van der Waals surface area (Å²) in [6, 6.07) is 1.79. The molecule has 1 unspecified atom stereocenters. The second-order valence-corrected chi connectivity index (χ2v) is 4.36. The van der Waals surface area contributed by atoms with Gasteiger partial charge in [-0.15, -0.1) is 11.8 Å². The molecule has 1 heterocycles. The van der Waals surface area contributed by atoms with Crippen LogP contribution in [0.5, 0.6) is 0 Å². The lowest BCUT2D eigenvalue weighted by Crippen LogP contribution is -1.93. The van der Waals surface area contributed by atoms with E-state index in [-0.39, 0.29) is 0 Å². The minimum atomic E-state index is 0.510. The van der Waals surface area contributed by atoms with Crippen LogP contribution in [0.2, 0.25) is 5.15 Å². The van der Waals surface area contributed by atoms with Crippen molar-refractivity contribution >= 4 is 23.4 Å². The number of halogens is 1. The average Bonchev–Trinajstić information content (AvgIpc) is 2.04. The molecule has 0 N–H and O–H groups in total. The smallest absolute Gasteiger partial charge is 0.133 e. The van der Waals surface area contributed by atoms with Gasteiger partial charge in [-0.3, -0.25) is 0 Å². The van der Waals surface area contributed by atoms with E-state index < -0.39 is 0 Å². The highest BCUT2D eigenvalue weighted by atomic mass is 35.5. The van der Waals surface area contributed by atoms with Gasteiger partial charge in [0.2, 0.25) is 0 Å². The van der Waals surface area contributed by atoms with E-state index in [9.17, 15) is 0 Å². The summed E-state index contributed by atoms with van der Waals surface area (Å²) in [6.45, 7) is 4.32. The zero-order valence-electron chi connectivity index (χ0n) is 7.12. The molecule has 4 heteroatoms. The van der Waals surface area contributed by atoms with Crippen LogP contribution in [-0.4, -0.2) is 15.2 Å². The molecule has 0 saturated carbocycles. The molecule has 0 bridgehead atoms. The van der Waals surface area contributed by atoms with Gasteiger partial charge < -0.3 is 0 Å². The molecule has 2 nitrogen and oxygen atoms in total. The van der Waals surface area contributed by atoms with Gasteiger partial charge in [-0.1, -0.05) is 25.4 Å². The fraction of sp³-hybridized carbons (Fsp3) is 0.500. The first kappa shape index (κ1) is 9.81. The molecule has 1 rings (SSSR count). The van der Waals surface area contributed by atoms with Crippen LogP contribution in [0.25, 0.3) is 0 Å². The second-order valence-electron chi connectivity index (χ2n) is 2.52. The maximum Gasteiger partial charge on any atom is 0.133 e. The molecule has 0 aliphatic heterocycles. The van der Waals surface area contributed by atoms with E-state index >= 15 is 0 Å². The van der Waals surface area contributed by atoms with Gasteiger partial charge in [0.1, 0.15) is 16.5 Å².